The van der Waals surface area contributed by atoms with E-state index in [0.717, 1.165) is 80.1 Å². The average Bonchev–Trinajstić information content (AvgIpc) is 3.55. The molecule has 2 saturated heterocycles. The van der Waals surface area contributed by atoms with Crippen LogP contribution in [0.15, 0.2) is 47.6 Å². The number of ether oxygens (including phenoxy) is 2. The number of aryl methyl sites for hydroxylation is 2. The van der Waals surface area contributed by atoms with Gasteiger partial charge in [-0.15, -0.1) is 10.2 Å². The number of hydrogen-bond acceptors (Lipinski definition) is 6. The van der Waals surface area contributed by atoms with Gasteiger partial charge in [-0.3, -0.25) is 9.47 Å². The number of benzene rings is 2. The van der Waals surface area contributed by atoms with Gasteiger partial charge >= 0.3 is 0 Å². The van der Waals surface area contributed by atoms with Crippen molar-refractivity contribution in [1.82, 2.24) is 19.7 Å². The number of piperidine rings is 1. The molecule has 0 N–H and O–H groups in total. The summed E-state index contributed by atoms with van der Waals surface area (Å²) in [4.78, 5) is 2.58. The Kier molecular flexibility index (Phi) is 7.75. The first-order valence-corrected chi connectivity index (χ1v) is 13.7. The van der Waals surface area contributed by atoms with E-state index in [4.69, 9.17) is 14.6 Å². The Hall–Kier alpha value is -2.35. The third kappa shape index (κ3) is 5.74. The van der Waals surface area contributed by atoms with Crippen LogP contribution in [0, 0.1) is 13.8 Å². The zero-order chi connectivity index (χ0) is 24.2. The third-order valence-electron chi connectivity index (χ3n) is 7.24. The standard InChI is InChI=1S/C28H36N4O2S/c1-20-9-10-23(21(2)16-20)18-31-13-11-22(12-14-31)27-29-30-28(35-19-26-8-5-15-34-26)32(27)24-6-4-7-25(17-24)33-3/h4,6-7,9-10,16-17,22,26H,5,8,11-15,18-19H2,1-3H3/t26-/m1/s1. The molecule has 1 atom stereocenters. The van der Waals surface area contributed by atoms with E-state index in [0.29, 0.717) is 12.0 Å². The largest absolute Gasteiger partial charge is 0.497 e. The lowest BCUT2D eigenvalue weighted by atomic mass is 9.95. The van der Waals surface area contributed by atoms with E-state index in [1.54, 1.807) is 18.9 Å². The summed E-state index contributed by atoms with van der Waals surface area (Å²) in [5, 5.41) is 10.3. The Morgan fingerprint density at radius 2 is 1.91 bits per heavy atom. The average molecular weight is 493 g/mol. The van der Waals surface area contributed by atoms with Gasteiger partial charge in [0.05, 0.1) is 18.9 Å². The molecule has 0 aliphatic carbocycles. The van der Waals surface area contributed by atoms with E-state index in [9.17, 15) is 0 Å². The Balaban J connectivity index is 1.33. The Morgan fingerprint density at radius 3 is 2.66 bits per heavy atom. The maximum absolute atomic E-state index is 5.85. The predicted molar refractivity (Wildman–Crippen MR) is 141 cm³/mol. The molecular weight excluding hydrogens is 456 g/mol. The fourth-order valence-corrected chi connectivity index (χ4v) is 6.21. The quantitative estimate of drug-likeness (QED) is 0.385. The fourth-order valence-electron chi connectivity index (χ4n) is 5.19. The van der Waals surface area contributed by atoms with E-state index < -0.39 is 0 Å². The van der Waals surface area contributed by atoms with Crippen molar-refractivity contribution >= 4 is 11.8 Å². The molecule has 2 aliphatic heterocycles. The highest BCUT2D eigenvalue weighted by Gasteiger charge is 2.28. The van der Waals surface area contributed by atoms with Crippen LogP contribution in [0.25, 0.3) is 5.69 Å². The molecule has 5 rings (SSSR count). The first kappa shape index (κ1) is 24.3. The normalized spacial score (nSPS) is 19.3. The summed E-state index contributed by atoms with van der Waals surface area (Å²) in [5.74, 6) is 3.22. The lowest BCUT2D eigenvalue weighted by Gasteiger charge is -2.32. The molecule has 186 valence electrons. The zero-order valence-electron chi connectivity index (χ0n) is 21.1. The lowest BCUT2D eigenvalue weighted by molar-refractivity contribution is 0.129. The van der Waals surface area contributed by atoms with Crippen LogP contribution in [0.4, 0.5) is 0 Å². The first-order valence-electron chi connectivity index (χ1n) is 12.7. The van der Waals surface area contributed by atoms with Gasteiger partial charge < -0.3 is 9.47 Å². The molecule has 1 aromatic heterocycles. The van der Waals surface area contributed by atoms with E-state index in [1.807, 2.05) is 12.1 Å². The Labute approximate surface area is 213 Å². The number of rotatable bonds is 8. The molecule has 6 nitrogen and oxygen atoms in total. The lowest BCUT2D eigenvalue weighted by Crippen LogP contribution is -2.33. The molecule has 3 heterocycles. The molecule has 7 heteroatoms. The molecule has 3 aromatic rings. The van der Waals surface area contributed by atoms with Gasteiger partial charge in [0.25, 0.3) is 0 Å². The van der Waals surface area contributed by atoms with Crippen LogP contribution in [0.3, 0.4) is 0 Å². The maximum atomic E-state index is 5.85. The third-order valence-corrected chi connectivity index (χ3v) is 8.30. The Morgan fingerprint density at radius 1 is 1.06 bits per heavy atom. The molecule has 2 aromatic carbocycles. The number of hydrogen-bond donors (Lipinski definition) is 0. The van der Waals surface area contributed by atoms with Crippen molar-refractivity contribution in [2.45, 2.75) is 63.3 Å². The SMILES string of the molecule is COc1cccc(-n2c(SC[C@H]3CCCO3)nnc2C2CCN(Cc3ccc(C)cc3C)CC2)c1. The monoisotopic (exact) mass is 492 g/mol. The van der Waals surface area contributed by atoms with E-state index in [2.05, 4.69) is 58.7 Å². The van der Waals surface area contributed by atoms with Crippen LogP contribution in [0.2, 0.25) is 0 Å². The molecule has 35 heavy (non-hydrogen) atoms. The first-order chi connectivity index (χ1) is 17.1. The van der Waals surface area contributed by atoms with Crippen molar-refractivity contribution in [2.24, 2.45) is 0 Å². The minimum absolute atomic E-state index is 0.312. The molecule has 2 fully saturated rings. The van der Waals surface area contributed by atoms with Crippen LogP contribution < -0.4 is 4.74 Å². The van der Waals surface area contributed by atoms with Gasteiger partial charge in [-0.25, -0.2) is 0 Å². The van der Waals surface area contributed by atoms with Gasteiger partial charge in [0.15, 0.2) is 5.16 Å². The molecule has 2 aliphatic rings. The number of methoxy groups -OCH3 is 1. The number of likely N-dealkylation sites (tertiary alicyclic amines) is 1. The van der Waals surface area contributed by atoms with Crippen molar-refractivity contribution in [3.05, 3.63) is 65.0 Å². The molecule has 0 spiro atoms. The number of aromatic nitrogens is 3. The Bertz CT molecular complexity index is 1130. The summed E-state index contributed by atoms with van der Waals surface area (Å²) < 4.78 is 13.6. The van der Waals surface area contributed by atoms with Crippen LogP contribution in [-0.4, -0.2) is 58.3 Å². The van der Waals surface area contributed by atoms with Crippen molar-refractivity contribution in [2.75, 3.05) is 32.6 Å². The second-order valence-electron chi connectivity index (χ2n) is 9.80. The van der Waals surface area contributed by atoms with E-state index in [1.165, 1.54) is 16.7 Å². The van der Waals surface area contributed by atoms with E-state index in [-0.39, 0.29) is 0 Å². The fraction of sp³-hybridized carbons (Fsp3) is 0.500. The highest BCUT2D eigenvalue weighted by atomic mass is 32.2. The van der Waals surface area contributed by atoms with Gasteiger partial charge in [0.1, 0.15) is 11.6 Å². The minimum atomic E-state index is 0.312. The summed E-state index contributed by atoms with van der Waals surface area (Å²) >= 11 is 1.76. The molecule has 0 amide bonds. The summed E-state index contributed by atoms with van der Waals surface area (Å²) in [6, 6.07) is 15.0. The summed E-state index contributed by atoms with van der Waals surface area (Å²) in [5.41, 5.74) is 5.21. The van der Waals surface area contributed by atoms with Crippen LogP contribution in [0.5, 0.6) is 5.75 Å². The molecular formula is C28H36N4O2S. The van der Waals surface area contributed by atoms with Gasteiger partial charge in [-0.2, -0.15) is 0 Å². The van der Waals surface area contributed by atoms with Crippen molar-refractivity contribution in [1.29, 1.82) is 0 Å². The van der Waals surface area contributed by atoms with Gasteiger partial charge in [-0.05, 0) is 75.9 Å². The number of thioether (sulfide) groups is 1. The van der Waals surface area contributed by atoms with Crippen molar-refractivity contribution < 1.29 is 9.47 Å². The van der Waals surface area contributed by atoms with Crippen LogP contribution in [0.1, 0.15) is 54.1 Å². The second kappa shape index (κ2) is 11.1. The second-order valence-corrected chi connectivity index (χ2v) is 10.8. The summed E-state index contributed by atoms with van der Waals surface area (Å²) in [6.07, 6.45) is 4.77. The van der Waals surface area contributed by atoms with Gasteiger partial charge in [0, 0.05) is 30.9 Å². The zero-order valence-corrected chi connectivity index (χ0v) is 21.9. The number of nitrogens with zero attached hydrogens (tertiary/aromatic N) is 4. The molecule has 0 radical (unpaired) electrons. The van der Waals surface area contributed by atoms with Crippen molar-refractivity contribution in [3.63, 3.8) is 0 Å². The smallest absolute Gasteiger partial charge is 0.195 e. The molecule has 0 bridgehead atoms. The van der Waals surface area contributed by atoms with E-state index >= 15 is 0 Å². The van der Waals surface area contributed by atoms with Gasteiger partial charge in [0.2, 0.25) is 0 Å². The maximum Gasteiger partial charge on any atom is 0.195 e. The topological polar surface area (TPSA) is 52.4 Å². The minimum Gasteiger partial charge on any atom is -0.497 e. The van der Waals surface area contributed by atoms with Crippen LogP contribution >= 0.6 is 11.8 Å². The molecule has 0 saturated carbocycles. The summed E-state index contributed by atoms with van der Waals surface area (Å²) in [6.45, 7) is 8.42. The highest BCUT2D eigenvalue weighted by Crippen LogP contribution is 2.34. The highest BCUT2D eigenvalue weighted by molar-refractivity contribution is 7.99. The summed E-state index contributed by atoms with van der Waals surface area (Å²) in [7, 11) is 1.71. The predicted octanol–water partition coefficient (Wildman–Crippen LogP) is 5.54. The van der Waals surface area contributed by atoms with Crippen molar-refractivity contribution in [3.8, 4) is 11.4 Å². The van der Waals surface area contributed by atoms with Crippen LogP contribution in [-0.2, 0) is 11.3 Å². The molecule has 0 unspecified atom stereocenters. The van der Waals surface area contributed by atoms with Gasteiger partial charge in [-0.1, -0.05) is 41.6 Å².